The third kappa shape index (κ3) is 6.62. The van der Waals surface area contributed by atoms with E-state index < -0.39 is 0 Å². The van der Waals surface area contributed by atoms with Crippen molar-refractivity contribution in [3.63, 3.8) is 0 Å². The van der Waals surface area contributed by atoms with Crippen LogP contribution >= 0.6 is 0 Å². The van der Waals surface area contributed by atoms with Crippen molar-refractivity contribution in [2.45, 2.75) is 76.1 Å². The number of likely N-dealkylation sites (tertiary alicyclic amines) is 1. The fraction of sp³-hybridized carbons (Fsp3) is 0.750. The van der Waals surface area contributed by atoms with Crippen LogP contribution in [-0.2, 0) is 16.1 Å². The lowest BCUT2D eigenvalue weighted by Crippen LogP contribution is -2.52. The first-order valence-electron chi connectivity index (χ1n) is 14.0. The maximum Gasteiger partial charge on any atom is 0.240 e. The van der Waals surface area contributed by atoms with Crippen LogP contribution in [0.5, 0.6) is 0 Å². The zero-order valence-corrected chi connectivity index (χ0v) is 21.2. The average molecular weight is 487 g/mol. The first kappa shape index (κ1) is 25.1. The van der Waals surface area contributed by atoms with Crippen molar-refractivity contribution >= 4 is 5.91 Å². The van der Waals surface area contributed by atoms with E-state index in [-0.39, 0.29) is 17.8 Å². The summed E-state index contributed by atoms with van der Waals surface area (Å²) in [5, 5.41) is 3.36. The van der Waals surface area contributed by atoms with Crippen LogP contribution in [0.25, 0.3) is 0 Å². The molecule has 3 unspecified atom stereocenters. The molecule has 3 aliphatic heterocycles. The van der Waals surface area contributed by atoms with Crippen LogP contribution in [0.1, 0.15) is 56.9 Å². The van der Waals surface area contributed by atoms with Crippen molar-refractivity contribution in [2.24, 2.45) is 5.92 Å². The molecule has 3 saturated heterocycles. The van der Waals surface area contributed by atoms with Crippen LogP contribution in [0.15, 0.2) is 24.3 Å². The molecule has 0 spiro atoms. The Kier molecular flexibility index (Phi) is 8.71. The van der Waals surface area contributed by atoms with Gasteiger partial charge in [0.15, 0.2) is 0 Å². The number of benzene rings is 1. The third-order valence-corrected chi connectivity index (χ3v) is 8.59. The Morgan fingerprint density at radius 1 is 1.03 bits per heavy atom. The summed E-state index contributed by atoms with van der Waals surface area (Å²) >= 11 is 0. The monoisotopic (exact) mass is 486 g/mol. The van der Waals surface area contributed by atoms with E-state index in [2.05, 4.69) is 15.1 Å². The van der Waals surface area contributed by atoms with Gasteiger partial charge in [-0.25, -0.2) is 4.39 Å². The Morgan fingerprint density at radius 3 is 2.51 bits per heavy atom. The molecule has 6 nitrogen and oxygen atoms in total. The third-order valence-electron chi connectivity index (χ3n) is 8.59. The summed E-state index contributed by atoms with van der Waals surface area (Å²) in [4.78, 5) is 20.8. The number of hydrogen-bond acceptors (Lipinski definition) is 5. The number of carbonyl (C=O) groups excluding carboxylic acids is 1. The molecule has 1 aromatic rings. The molecule has 4 aliphatic rings. The predicted octanol–water partition coefficient (Wildman–Crippen LogP) is 3.26. The maximum atomic E-state index is 13.7. The van der Waals surface area contributed by atoms with Crippen LogP contribution in [0.4, 0.5) is 4.39 Å². The van der Waals surface area contributed by atoms with E-state index >= 15 is 0 Å². The molecule has 1 saturated carbocycles. The van der Waals surface area contributed by atoms with Crippen molar-refractivity contribution < 1.29 is 13.9 Å². The molecule has 1 amide bonds. The largest absolute Gasteiger partial charge is 0.377 e. The Morgan fingerprint density at radius 2 is 1.80 bits per heavy atom. The molecule has 7 heteroatoms. The minimum absolute atomic E-state index is 0.110. The lowest BCUT2D eigenvalue weighted by atomic mass is 9.88. The molecular weight excluding hydrogens is 443 g/mol. The topological polar surface area (TPSA) is 48.1 Å². The van der Waals surface area contributed by atoms with Crippen LogP contribution in [0, 0.1) is 11.7 Å². The summed E-state index contributed by atoms with van der Waals surface area (Å²) in [5.41, 5.74) is 1.07. The van der Waals surface area contributed by atoms with Crippen LogP contribution in [0.2, 0.25) is 0 Å². The first-order chi connectivity index (χ1) is 17.2. The smallest absolute Gasteiger partial charge is 0.240 e. The van der Waals surface area contributed by atoms with Gasteiger partial charge in [0.2, 0.25) is 5.91 Å². The standard InChI is InChI=1S/C28H43FN4O2/c29-24-10-8-23(9-11-24)19-33-20-25(17-27(33)28(34)31-14-12-30-13-15-31)32(21-26-7-4-16-35-26)18-22-5-2-1-3-6-22/h8-11,22,25-27,30H,1-7,12-21H2. The molecule has 3 atom stereocenters. The molecular formula is C28H43FN4O2. The first-order valence-corrected chi connectivity index (χ1v) is 14.0. The molecule has 194 valence electrons. The van der Waals surface area contributed by atoms with Crippen molar-refractivity contribution in [1.82, 2.24) is 20.0 Å². The van der Waals surface area contributed by atoms with E-state index in [9.17, 15) is 9.18 Å². The van der Waals surface area contributed by atoms with Gasteiger partial charge in [-0.15, -0.1) is 0 Å². The molecule has 3 heterocycles. The highest BCUT2D eigenvalue weighted by atomic mass is 19.1. The fourth-order valence-electron chi connectivity index (χ4n) is 6.62. The Balaban J connectivity index is 1.33. The van der Waals surface area contributed by atoms with E-state index in [1.54, 1.807) is 0 Å². The quantitative estimate of drug-likeness (QED) is 0.611. The SMILES string of the molecule is O=C(C1CC(N(CC2CCCCC2)CC2CCCO2)CN1Cc1ccc(F)cc1)N1CCNCC1. The van der Waals surface area contributed by atoms with Gasteiger partial charge >= 0.3 is 0 Å². The number of nitrogens with one attached hydrogen (secondary N) is 1. The predicted molar refractivity (Wildman–Crippen MR) is 136 cm³/mol. The molecule has 35 heavy (non-hydrogen) atoms. The minimum atomic E-state index is -0.211. The molecule has 5 rings (SSSR count). The number of piperazine rings is 1. The van der Waals surface area contributed by atoms with Crippen molar-refractivity contribution in [3.05, 3.63) is 35.6 Å². The van der Waals surface area contributed by atoms with E-state index in [0.717, 1.165) is 83.2 Å². The van der Waals surface area contributed by atoms with Gasteiger partial charge in [-0.05, 0) is 55.7 Å². The molecule has 1 N–H and O–H groups in total. The Hall–Kier alpha value is -1.54. The molecule has 0 radical (unpaired) electrons. The number of rotatable bonds is 8. The summed E-state index contributed by atoms with van der Waals surface area (Å²) in [6, 6.07) is 7.04. The van der Waals surface area contributed by atoms with Crippen LogP contribution in [-0.4, -0.2) is 91.2 Å². The van der Waals surface area contributed by atoms with Crippen LogP contribution < -0.4 is 5.32 Å². The Labute approximate surface area is 210 Å². The van der Waals surface area contributed by atoms with E-state index in [1.165, 1.54) is 44.2 Å². The van der Waals surface area contributed by atoms with E-state index in [1.807, 2.05) is 17.0 Å². The molecule has 0 aromatic heterocycles. The second kappa shape index (κ2) is 12.1. The number of amides is 1. The lowest BCUT2D eigenvalue weighted by molar-refractivity contribution is -0.136. The summed E-state index contributed by atoms with van der Waals surface area (Å²) in [7, 11) is 0. The summed E-state index contributed by atoms with van der Waals surface area (Å²) < 4.78 is 19.6. The zero-order valence-electron chi connectivity index (χ0n) is 21.2. The van der Waals surface area contributed by atoms with Crippen molar-refractivity contribution in [2.75, 3.05) is 52.4 Å². The van der Waals surface area contributed by atoms with E-state index in [0.29, 0.717) is 18.7 Å². The summed E-state index contributed by atoms with van der Waals surface area (Å²) in [5.74, 6) is 0.821. The van der Waals surface area contributed by atoms with Gasteiger partial charge in [-0.2, -0.15) is 0 Å². The van der Waals surface area contributed by atoms with Gasteiger partial charge in [0, 0.05) is 65.0 Å². The number of nitrogens with zero attached hydrogens (tertiary/aromatic N) is 3. The maximum absolute atomic E-state index is 13.7. The summed E-state index contributed by atoms with van der Waals surface area (Å²) in [6.07, 6.45) is 10.3. The molecule has 1 aromatic carbocycles. The van der Waals surface area contributed by atoms with Crippen LogP contribution in [0.3, 0.4) is 0 Å². The summed E-state index contributed by atoms with van der Waals surface area (Å²) in [6.45, 7) is 7.88. The lowest BCUT2D eigenvalue weighted by Gasteiger charge is -2.35. The molecule has 4 fully saturated rings. The average Bonchev–Trinajstić information content (AvgIpc) is 3.56. The highest BCUT2D eigenvalue weighted by Gasteiger charge is 2.42. The van der Waals surface area contributed by atoms with Gasteiger partial charge in [-0.1, -0.05) is 31.4 Å². The fourth-order valence-corrected chi connectivity index (χ4v) is 6.62. The van der Waals surface area contributed by atoms with Gasteiger partial charge in [-0.3, -0.25) is 14.6 Å². The highest BCUT2D eigenvalue weighted by Crippen LogP contribution is 2.31. The van der Waals surface area contributed by atoms with Gasteiger partial charge in [0.25, 0.3) is 0 Å². The number of halogens is 1. The second-order valence-corrected chi connectivity index (χ2v) is 11.1. The van der Waals surface area contributed by atoms with Crippen molar-refractivity contribution in [3.8, 4) is 0 Å². The molecule has 0 bridgehead atoms. The van der Waals surface area contributed by atoms with Gasteiger partial charge < -0.3 is 15.0 Å². The second-order valence-electron chi connectivity index (χ2n) is 11.1. The van der Waals surface area contributed by atoms with E-state index in [4.69, 9.17) is 4.74 Å². The van der Waals surface area contributed by atoms with Gasteiger partial charge in [0.1, 0.15) is 5.82 Å². The highest BCUT2D eigenvalue weighted by molar-refractivity contribution is 5.82. The zero-order chi connectivity index (χ0) is 24.0. The Bertz CT molecular complexity index is 804. The van der Waals surface area contributed by atoms with Crippen molar-refractivity contribution in [1.29, 1.82) is 0 Å². The van der Waals surface area contributed by atoms with Gasteiger partial charge in [0.05, 0.1) is 12.1 Å². The molecule has 1 aliphatic carbocycles. The minimum Gasteiger partial charge on any atom is -0.377 e. The number of hydrogen-bond donors (Lipinski definition) is 1. The normalized spacial score (nSPS) is 28.7. The number of ether oxygens (including phenoxy) is 1. The number of carbonyl (C=O) groups is 1.